The summed E-state index contributed by atoms with van der Waals surface area (Å²) < 4.78 is 23.5. The molecule has 0 atom stereocenters. The van der Waals surface area contributed by atoms with Crippen molar-refractivity contribution in [2.75, 3.05) is 11.9 Å². The van der Waals surface area contributed by atoms with Crippen molar-refractivity contribution in [3.8, 4) is 11.8 Å². The van der Waals surface area contributed by atoms with Crippen molar-refractivity contribution in [3.05, 3.63) is 89.6 Å². The summed E-state index contributed by atoms with van der Waals surface area (Å²) in [5.41, 5.74) is 0.859. The maximum absolute atomic E-state index is 13.0. The lowest BCUT2D eigenvalue weighted by atomic mass is 10.1. The van der Waals surface area contributed by atoms with Gasteiger partial charge in [-0.3, -0.25) is 9.59 Å². The maximum Gasteiger partial charge on any atom is 0.266 e. The molecule has 1 heterocycles. The van der Waals surface area contributed by atoms with Crippen molar-refractivity contribution in [2.45, 2.75) is 6.54 Å². The monoisotopic (exact) mass is 419 g/mol. The Hall–Kier alpha value is -4.38. The Labute approximate surface area is 177 Å². The van der Waals surface area contributed by atoms with E-state index in [2.05, 4.69) is 10.6 Å². The number of benzene rings is 2. The van der Waals surface area contributed by atoms with Crippen LogP contribution in [-0.4, -0.2) is 18.4 Å². The van der Waals surface area contributed by atoms with Gasteiger partial charge in [0.05, 0.1) is 12.8 Å². The molecule has 31 heavy (non-hydrogen) atoms. The van der Waals surface area contributed by atoms with E-state index in [1.54, 1.807) is 36.4 Å². The Balaban J connectivity index is 1.53. The van der Waals surface area contributed by atoms with Gasteiger partial charge in [0, 0.05) is 5.69 Å². The van der Waals surface area contributed by atoms with Crippen molar-refractivity contribution in [2.24, 2.45) is 0 Å². The number of rotatable bonds is 8. The van der Waals surface area contributed by atoms with Crippen LogP contribution in [0.25, 0.3) is 6.08 Å². The normalized spacial score (nSPS) is 10.8. The second kappa shape index (κ2) is 10.4. The van der Waals surface area contributed by atoms with Gasteiger partial charge >= 0.3 is 0 Å². The number of ether oxygens (including phenoxy) is 1. The third-order valence-electron chi connectivity index (χ3n) is 4.07. The topological polar surface area (TPSA) is 104 Å². The summed E-state index contributed by atoms with van der Waals surface area (Å²) >= 11 is 0. The summed E-state index contributed by atoms with van der Waals surface area (Å²) in [5.74, 6) is -0.237. The number of hydrogen-bond acceptors (Lipinski definition) is 5. The predicted octanol–water partition coefficient (Wildman–Crippen LogP) is 3.66. The number of nitrogens with zero attached hydrogens (tertiary/aromatic N) is 1. The van der Waals surface area contributed by atoms with Crippen LogP contribution < -0.4 is 15.4 Å². The van der Waals surface area contributed by atoms with Gasteiger partial charge in [0.25, 0.3) is 11.8 Å². The molecule has 3 rings (SSSR count). The zero-order chi connectivity index (χ0) is 22.1. The molecule has 3 aromatic rings. The fourth-order valence-electron chi connectivity index (χ4n) is 2.51. The van der Waals surface area contributed by atoms with Crippen LogP contribution in [0, 0.1) is 17.1 Å². The van der Waals surface area contributed by atoms with Crippen LogP contribution in [-0.2, 0) is 16.1 Å². The quantitative estimate of drug-likeness (QED) is 0.428. The van der Waals surface area contributed by atoms with Crippen molar-refractivity contribution in [1.82, 2.24) is 5.32 Å². The Morgan fingerprint density at radius 2 is 1.84 bits per heavy atom. The summed E-state index contributed by atoms with van der Waals surface area (Å²) in [6.07, 6.45) is 2.94. The van der Waals surface area contributed by atoms with Gasteiger partial charge < -0.3 is 19.8 Å². The molecular formula is C23H18FN3O4. The molecule has 0 saturated heterocycles. The molecule has 2 aromatic carbocycles. The van der Waals surface area contributed by atoms with E-state index < -0.39 is 11.7 Å². The Morgan fingerprint density at radius 3 is 2.48 bits per heavy atom. The molecular weight excluding hydrogens is 401 g/mol. The molecule has 1 aromatic heterocycles. The third kappa shape index (κ3) is 6.58. The molecule has 2 amide bonds. The molecule has 0 radical (unpaired) electrons. The van der Waals surface area contributed by atoms with Gasteiger partial charge in [-0.1, -0.05) is 12.1 Å². The predicted molar refractivity (Wildman–Crippen MR) is 111 cm³/mol. The van der Waals surface area contributed by atoms with Gasteiger partial charge in [-0.25, -0.2) is 4.39 Å². The fraction of sp³-hybridized carbons (Fsp3) is 0.0870. The molecule has 0 spiro atoms. The van der Waals surface area contributed by atoms with E-state index in [-0.39, 0.29) is 24.6 Å². The Bertz CT molecular complexity index is 1100. The average molecular weight is 419 g/mol. The highest BCUT2D eigenvalue weighted by atomic mass is 19.1. The zero-order valence-corrected chi connectivity index (χ0v) is 16.3. The number of nitriles is 1. The first-order valence-electron chi connectivity index (χ1n) is 9.24. The van der Waals surface area contributed by atoms with Crippen molar-refractivity contribution >= 4 is 23.6 Å². The summed E-state index contributed by atoms with van der Waals surface area (Å²) in [6, 6.07) is 17.1. The number of furan rings is 1. The molecule has 0 unspecified atom stereocenters. The smallest absolute Gasteiger partial charge is 0.266 e. The van der Waals surface area contributed by atoms with E-state index in [4.69, 9.17) is 9.15 Å². The number of amides is 2. The summed E-state index contributed by atoms with van der Waals surface area (Å²) in [4.78, 5) is 24.1. The second-order valence-electron chi connectivity index (χ2n) is 6.34. The first-order chi connectivity index (χ1) is 15.0. The molecule has 0 aliphatic rings. The fourth-order valence-corrected chi connectivity index (χ4v) is 2.51. The van der Waals surface area contributed by atoms with E-state index in [1.807, 2.05) is 6.07 Å². The van der Waals surface area contributed by atoms with E-state index in [0.29, 0.717) is 22.8 Å². The highest BCUT2D eigenvalue weighted by Crippen LogP contribution is 2.16. The number of carbonyl (C=O) groups excluding carboxylic acids is 2. The number of halogens is 1. The van der Waals surface area contributed by atoms with Gasteiger partial charge in [0.15, 0.2) is 6.61 Å². The SMILES string of the molecule is N#C/C(=C\c1ccc(OCC(=O)NCc2ccco2)cc1)C(=O)Nc1ccc(F)cc1. The average Bonchev–Trinajstić information content (AvgIpc) is 3.30. The van der Waals surface area contributed by atoms with Crippen molar-refractivity contribution < 1.29 is 23.1 Å². The van der Waals surface area contributed by atoms with Crippen LogP contribution in [0.1, 0.15) is 11.3 Å². The zero-order valence-electron chi connectivity index (χ0n) is 16.3. The molecule has 156 valence electrons. The first-order valence-corrected chi connectivity index (χ1v) is 9.24. The van der Waals surface area contributed by atoms with E-state index in [0.717, 1.165) is 0 Å². The number of anilines is 1. The summed E-state index contributed by atoms with van der Waals surface area (Å²) in [5, 5.41) is 14.5. The van der Waals surface area contributed by atoms with Gasteiger partial charge in [0.1, 0.15) is 29.0 Å². The molecule has 8 heteroatoms. The molecule has 2 N–H and O–H groups in total. The lowest BCUT2D eigenvalue weighted by molar-refractivity contribution is -0.123. The van der Waals surface area contributed by atoms with Gasteiger partial charge in [-0.2, -0.15) is 5.26 Å². The molecule has 0 aliphatic carbocycles. The summed E-state index contributed by atoms with van der Waals surface area (Å²) in [7, 11) is 0. The van der Waals surface area contributed by atoms with Crippen LogP contribution in [0.15, 0.2) is 76.9 Å². The van der Waals surface area contributed by atoms with E-state index in [1.165, 1.54) is 36.6 Å². The van der Waals surface area contributed by atoms with Crippen LogP contribution in [0.4, 0.5) is 10.1 Å². The van der Waals surface area contributed by atoms with Crippen LogP contribution >= 0.6 is 0 Å². The lowest BCUT2D eigenvalue weighted by Gasteiger charge is -2.07. The largest absolute Gasteiger partial charge is 0.484 e. The highest BCUT2D eigenvalue weighted by molar-refractivity contribution is 6.09. The molecule has 7 nitrogen and oxygen atoms in total. The number of carbonyl (C=O) groups is 2. The van der Waals surface area contributed by atoms with Gasteiger partial charge in [-0.15, -0.1) is 0 Å². The minimum Gasteiger partial charge on any atom is -0.484 e. The molecule has 0 aliphatic heterocycles. The summed E-state index contributed by atoms with van der Waals surface area (Å²) in [6.45, 7) is 0.106. The third-order valence-corrected chi connectivity index (χ3v) is 4.07. The van der Waals surface area contributed by atoms with E-state index >= 15 is 0 Å². The minimum atomic E-state index is -0.609. The Morgan fingerprint density at radius 1 is 1.10 bits per heavy atom. The molecule has 0 bridgehead atoms. The van der Waals surface area contributed by atoms with Gasteiger partial charge in [0.2, 0.25) is 0 Å². The second-order valence-corrected chi connectivity index (χ2v) is 6.34. The van der Waals surface area contributed by atoms with Crippen LogP contribution in [0.2, 0.25) is 0 Å². The lowest BCUT2D eigenvalue weighted by Crippen LogP contribution is -2.28. The van der Waals surface area contributed by atoms with Crippen molar-refractivity contribution in [3.63, 3.8) is 0 Å². The molecule has 0 saturated carbocycles. The number of hydrogen-bond donors (Lipinski definition) is 2. The van der Waals surface area contributed by atoms with Crippen LogP contribution in [0.3, 0.4) is 0 Å². The van der Waals surface area contributed by atoms with Crippen molar-refractivity contribution in [1.29, 1.82) is 5.26 Å². The van der Waals surface area contributed by atoms with E-state index in [9.17, 15) is 19.2 Å². The molecule has 0 fully saturated rings. The minimum absolute atomic E-state index is 0.115. The maximum atomic E-state index is 13.0. The first kappa shape index (κ1) is 21.3. The standard InChI is InChI=1S/C23H18FN3O4/c24-18-5-7-19(8-6-18)27-23(29)17(13-25)12-16-3-9-20(10-4-16)31-15-22(28)26-14-21-2-1-11-30-21/h1-12H,14-15H2,(H,26,28)(H,27,29)/b17-12+. The number of nitrogens with one attached hydrogen (secondary N) is 2. The van der Waals surface area contributed by atoms with Crippen LogP contribution in [0.5, 0.6) is 5.75 Å². The Kier molecular flexibility index (Phi) is 7.16. The highest BCUT2D eigenvalue weighted by Gasteiger charge is 2.10. The van der Waals surface area contributed by atoms with Gasteiger partial charge in [-0.05, 0) is 60.2 Å².